The van der Waals surface area contributed by atoms with Gasteiger partial charge in [-0.1, -0.05) is 0 Å². The van der Waals surface area contributed by atoms with E-state index < -0.39 is 5.60 Å². The Morgan fingerprint density at radius 2 is 2.11 bits per heavy atom. The Bertz CT molecular complexity index is 362. The van der Waals surface area contributed by atoms with Crippen LogP contribution >= 0.6 is 0 Å². The van der Waals surface area contributed by atoms with Gasteiger partial charge in [0.1, 0.15) is 5.60 Å². The summed E-state index contributed by atoms with van der Waals surface area (Å²) in [5, 5.41) is 2.84. The number of nitrogens with one attached hydrogen (secondary N) is 1. The molecule has 0 unspecified atom stereocenters. The van der Waals surface area contributed by atoms with Gasteiger partial charge < -0.3 is 15.0 Å². The summed E-state index contributed by atoms with van der Waals surface area (Å²) in [7, 11) is 0. The zero-order valence-electron chi connectivity index (χ0n) is 11.4. The molecule has 0 aromatic rings. The molecule has 2 saturated heterocycles. The first kappa shape index (κ1) is 13.2. The van der Waals surface area contributed by atoms with Crippen LogP contribution in [0.25, 0.3) is 0 Å². The first-order valence-electron chi connectivity index (χ1n) is 6.60. The van der Waals surface area contributed by atoms with Crippen LogP contribution in [0.15, 0.2) is 0 Å². The van der Waals surface area contributed by atoms with Gasteiger partial charge in [0, 0.05) is 13.1 Å². The van der Waals surface area contributed by atoms with E-state index >= 15 is 0 Å². The van der Waals surface area contributed by atoms with E-state index in [1.165, 1.54) is 0 Å². The highest BCUT2D eigenvalue weighted by Gasteiger charge is 2.48. The first-order valence-corrected chi connectivity index (χ1v) is 6.60. The fourth-order valence-corrected chi connectivity index (χ4v) is 2.75. The van der Waals surface area contributed by atoms with Crippen LogP contribution in [-0.2, 0) is 9.53 Å². The molecule has 2 aliphatic heterocycles. The van der Waals surface area contributed by atoms with E-state index in [0.29, 0.717) is 19.5 Å². The average Bonchev–Trinajstić information content (AvgIpc) is 2.58. The maximum atomic E-state index is 12.2. The lowest BCUT2D eigenvalue weighted by molar-refractivity contribution is -0.120. The van der Waals surface area contributed by atoms with Crippen molar-refractivity contribution in [3.63, 3.8) is 0 Å². The molecule has 0 saturated carbocycles. The Morgan fingerprint density at radius 1 is 1.39 bits per heavy atom. The van der Waals surface area contributed by atoms with Crippen molar-refractivity contribution in [3.8, 4) is 0 Å². The summed E-state index contributed by atoms with van der Waals surface area (Å²) in [5.41, 5.74) is -0.844. The van der Waals surface area contributed by atoms with Crippen molar-refractivity contribution < 1.29 is 14.3 Å². The number of amides is 2. The summed E-state index contributed by atoms with van der Waals surface area (Å²) in [6.45, 7) is 6.83. The van der Waals surface area contributed by atoms with Gasteiger partial charge >= 0.3 is 6.09 Å². The molecule has 0 bridgehead atoms. The molecule has 1 N–H and O–H groups in total. The van der Waals surface area contributed by atoms with E-state index in [-0.39, 0.29) is 17.5 Å². The third-order valence-electron chi connectivity index (χ3n) is 3.56. The molecule has 2 fully saturated rings. The van der Waals surface area contributed by atoms with Crippen LogP contribution in [0.1, 0.15) is 46.5 Å². The van der Waals surface area contributed by atoms with E-state index in [2.05, 4.69) is 5.32 Å². The highest BCUT2D eigenvalue weighted by atomic mass is 16.6. The Kier molecular flexibility index (Phi) is 3.25. The summed E-state index contributed by atoms with van der Waals surface area (Å²) in [5.74, 6) is 0.0328. The van der Waals surface area contributed by atoms with Crippen LogP contribution in [0.2, 0.25) is 0 Å². The van der Waals surface area contributed by atoms with Gasteiger partial charge in [0.25, 0.3) is 0 Å². The number of nitrogens with zero attached hydrogens (tertiary/aromatic N) is 1. The molecular formula is C13H22N2O3. The van der Waals surface area contributed by atoms with Gasteiger partial charge in [0.15, 0.2) is 0 Å². The summed E-state index contributed by atoms with van der Waals surface area (Å²) in [6, 6.07) is 0. The van der Waals surface area contributed by atoms with Gasteiger partial charge in [-0.05, 0) is 40.0 Å². The molecule has 18 heavy (non-hydrogen) atoms. The predicted octanol–water partition coefficient (Wildman–Crippen LogP) is 1.67. The van der Waals surface area contributed by atoms with Gasteiger partial charge in [0.2, 0.25) is 5.91 Å². The number of hydrogen-bond donors (Lipinski definition) is 1. The summed E-state index contributed by atoms with van der Waals surface area (Å²) >= 11 is 0. The minimum atomic E-state index is -0.494. The van der Waals surface area contributed by atoms with Crippen LogP contribution in [0.5, 0.6) is 0 Å². The van der Waals surface area contributed by atoms with Crippen LogP contribution in [0, 0.1) is 0 Å². The standard InChI is InChI=1S/C13H22N2O3/c1-12(2,3)18-11(17)15-7-5-4-6-13(15)8-10(16)14-9-13/h4-9H2,1-3H3,(H,14,16)/t13-/m0/s1. The van der Waals surface area contributed by atoms with Crippen molar-refractivity contribution in [1.82, 2.24) is 10.2 Å². The Morgan fingerprint density at radius 3 is 2.67 bits per heavy atom. The number of hydrogen-bond acceptors (Lipinski definition) is 3. The Labute approximate surface area is 108 Å². The summed E-state index contributed by atoms with van der Waals surface area (Å²) in [4.78, 5) is 25.5. The molecule has 1 atom stereocenters. The van der Waals surface area contributed by atoms with Gasteiger partial charge in [-0.15, -0.1) is 0 Å². The molecule has 2 aliphatic rings. The summed E-state index contributed by atoms with van der Waals surface area (Å²) in [6.07, 6.45) is 3.04. The lowest BCUT2D eigenvalue weighted by Gasteiger charge is -2.43. The van der Waals surface area contributed by atoms with Crippen LogP contribution in [-0.4, -0.2) is 41.1 Å². The lowest BCUT2D eigenvalue weighted by atomic mass is 9.86. The van der Waals surface area contributed by atoms with Gasteiger partial charge in [-0.2, -0.15) is 0 Å². The smallest absolute Gasteiger partial charge is 0.410 e. The number of ether oxygens (including phenoxy) is 1. The number of piperidine rings is 1. The number of likely N-dealkylation sites (tertiary alicyclic amines) is 1. The quantitative estimate of drug-likeness (QED) is 0.715. The molecule has 2 amide bonds. The van der Waals surface area contributed by atoms with Crippen LogP contribution in [0.4, 0.5) is 4.79 Å². The SMILES string of the molecule is CC(C)(C)OC(=O)N1CCCC[C@]12CNC(=O)C2. The fraction of sp³-hybridized carbons (Fsp3) is 0.846. The highest BCUT2D eigenvalue weighted by molar-refractivity contribution is 5.82. The molecule has 0 aromatic heterocycles. The average molecular weight is 254 g/mol. The van der Waals surface area contributed by atoms with E-state index in [1.807, 2.05) is 20.8 Å². The van der Waals surface area contributed by atoms with Gasteiger partial charge in [-0.25, -0.2) is 4.79 Å². The maximum Gasteiger partial charge on any atom is 0.410 e. The van der Waals surface area contributed by atoms with Crippen molar-refractivity contribution in [3.05, 3.63) is 0 Å². The van der Waals surface area contributed by atoms with Crippen molar-refractivity contribution in [2.45, 2.75) is 57.6 Å². The molecule has 0 radical (unpaired) electrons. The van der Waals surface area contributed by atoms with Crippen LogP contribution in [0.3, 0.4) is 0 Å². The normalized spacial score (nSPS) is 28.4. The van der Waals surface area contributed by atoms with Crippen LogP contribution < -0.4 is 5.32 Å². The predicted molar refractivity (Wildman–Crippen MR) is 67.1 cm³/mol. The fourth-order valence-electron chi connectivity index (χ4n) is 2.75. The molecule has 1 spiro atoms. The molecule has 5 nitrogen and oxygen atoms in total. The Hall–Kier alpha value is -1.26. The molecule has 102 valence electrons. The van der Waals surface area contributed by atoms with Gasteiger partial charge in [-0.3, -0.25) is 4.79 Å². The molecule has 0 aliphatic carbocycles. The zero-order valence-corrected chi connectivity index (χ0v) is 11.4. The maximum absolute atomic E-state index is 12.2. The topological polar surface area (TPSA) is 58.6 Å². The van der Waals surface area contributed by atoms with Crippen molar-refractivity contribution in [2.24, 2.45) is 0 Å². The largest absolute Gasteiger partial charge is 0.444 e. The zero-order chi connectivity index (χ0) is 13.4. The summed E-state index contributed by atoms with van der Waals surface area (Å²) < 4.78 is 5.45. The monoisotopic (exact) mass is 254 g/mol. The van der Waals surface area contributed by atoms with E-state index in [0.717, 1.165) is 19.3 Å². The number of carbonyl (C=O) groups is 2. The minimum absolute atomic E-state index is 0.0328. The van der Waals surface area contributed by atoms with Crippen molar-refractivity contribution in [1.29, 1.82) is 0 Å². The van der Waals surface area contributed by atoms with Gasteiger partial charge in [0.05, 0.1) is 12.0 Å². The second kappa shape index (κ2) is 4.44. The third-order valence-corrected chi connectivity index (χ3v) is 3.56. The molecule has 0 aromatic carbocycles. The van der Waals surface area contributed by atoms with E-state index in [9.17, 15) is 9.59 Å². The van der Waals surface area contributed by atoms with Crippen molar-refractivity contribution >= 4 is 12.0 Å². The molecule has 2 rings (SSSR count). The third kappa shape index (κ3) is 2.60. The van der Waals surface area contributed by atoms with Crippen molar-refractivity contribution in [2.75, 3.05) is 13.1 Å². The second-order valence-electron chi connectivity index (χ2n) is 6.27. The number of rotatable bonds is 0. The lowest BCUT2D eigenvalue weighted by Crippen LogP contribution is -2.56. The molecule has 5 heteroatoms. The highest BCUT2D eigenvalue weighted by Crippen LogP contribution is 2.34. The Balaban J connectivity index is 2.13. The van der Waals surface area contributed by atoms with E-state index in [4.69, 9.17) is 4.74 Å². The first-order chi connectivity index (χ1) is 8.32. The number of carbonyl (C=O) groups excluding carboxylic acids is 2. The second-order valence-corrected chi connectivity index (χ2v) is 6.27. The minimum Gasteiger partial charge on any atom is -0.444 e. The van der Waals surface area contributed by atoms with E-state index in [1.54, 1.807) is 4.90 Å². The molecule has 2 heterocycles. The molecular weight excluding hydrogens is 232 g/mol.